The van der Waals surface area contributed by atoms with Gasteiger partial charge < -0.3 is 9.47 Å². The van der Waals surface area contributed by atoms with E-state index >= 15 is 0 Å². The van der Waals surface area contributed by atoms with Crippen LogP contribution in [-0.4, -0.2) is 16.5 Å². The molecule has 0 fully saturated rings. The molecular formula is C12H7F3N2O4. The number of alkyl halides is 2. The van der Waals surface area contributed by atoms with Crippen LogP contribution in [0.5, 0.6) is 17.4 Å². The average Bonchev–Trinajstić information content (AvgIpc) is 2.42. The molecule has 0 radical (unpaired) electrons. The maximum atomic E-state index is 13.7. The number of halogens is 3. The first kappa shape index (κ1) is 14.6. The van der Waals surface area contributed by atoms with E-state index in [9.17, 15) is 23.3 Å². The third kappa shape index (κ3) is 3.59. The topological polar surface area (TPSA) is 74.5 Å². The first-order valence-electron chi connectivity index (χ1n) is 5.49. The Morgan fingerprint density at radius 2 is 2.00 bits per heavy atom. The minimum Gasteiger partial charge on any atom is -0.449 e. The lowest BCUT2D eigenvalue weighted by Crippen LogP contribution is -2.05. The van der Waals surface area contributed by atoms with Crippen molar-refractivity contribution >= 4 is 5.69 Å². The summed E-state index contributed by atoms with van der Waals surface area (Å²) in [6, 6.07) is 5.29. The molecular weight excluding hydrogens is 293 g/mol. The van der Waals surface area contributed by atoms with Crippen LogP contribution in [-0.2, 0) is 0 Å². The molecule has 21 heavy (non-hydrogen) atoms. The summed E-state index contributed by atoms with van der Waals surface area (Å²) < 4.78 is 47.2. The van der Waals surface area contributed by atoms with Gasteiger partial charge in [-0.2, -0.15) is 8.78 Å². The number of non-ortho nitro benzene ring substituents is 1. The van der Waals surface area contributed by atoms with E-state index in [0.29, 0.717) is 6.07 Å². The molecule has 0 bridgehead atoms. The van der Waals surface area contributed by atoms with Crippen molar-refractivity contribution in [3.63, 3.8) is 0 Å². The molecule has 0 saturated heterocycles. The molecule has 2 aromatic rings. The Balaban J connectivity index is 2.28. The van der Waals surface area contributed by atoms with Gasteiger partial charge in [-0.05, 0) is 18.2 Å². The molecule has 0 aliphatic heterocycles. The number of pyridine rings is 1. The van der Waals surface area contributed by atoms with Crippen LogP contribution in [0.4, 0.5) is 18.9 Å². The molecule has 0 N–H and O–H groups in total. The Bertz CT molecular complexity index is 667. The quantitative estimate of drug-likeness (QED) is 0.624. The fourth-order valence-corrected chi connectivity index (χ4v) is 1.43. The van der Waals surface area contributed by atoms with Gasteiger partial charge in [0.1, 0.15) is 0 Å². The van der Waals surface area contributed by atoms with Gasteiger partial charge >= 0.3 is 6.61 Å². The fourth-order valence-electron chi connectivity index (χ4n) is 1.43. The Labute approximate surface area is 115 Å². The summed E-state index contributed by atoms with van der Waals surface area (Å²) in [5, 5.41) is 10.5. The Morgan fingerprint density at radius 1 is 1.24 bits per heavy atom. The van der Waals surface area contributed by atoms with E-state index in [1.54, 1.807) is 0 Å². The highest BCUT2D eigenvalue weighted by molar-refractivity contribution is 5.42. The van der Waals surface area contributed by atoms with Crippen molar-refractivity contribution in [3.05, 3.63) is 52.5 Å². The van der Waals surface area contributed by atoms with Gasteiger partial charge in [0.25, 0.3) is 11.6 Å². The van der Waals surface area contributed by atoms with Crippen LogP contribution in [0, 0.1) is 15.9 Å². The summed E-state index contributed by atoms with van der Waals surface area (Å²) in [6.45, 7) is -3.12. The second-order valence-corrected chi connectivity index (χ2v) is 3.66. The van der Waals surface area contributed by atoms with Crippen molar-refractivity contribution in [3.8, 4) is 17.4 Å². The van der Waals surface area contributed by atoms with Crippen LogP contribution in [0.3, 0.4) is 0 Å². The number of nitro groups is 1. The number of hydrogen-bond acceptors (Lipinski definition) is 5. The van der Waals surface area contributed by atoms with Crippen LogP contribution in [0.1, 0.15) is 0 Å². The van der Waals surface area contributed by atoms with E-state index < -0.39 is 28.9 Å². The molecule has 2 rings (SSSR count). The zero-order valence-electron chi connectivity index (χ0n) is 10.2. The maximum absolute atomic E-state index is 13.7. The van der Waals surface area contributed by atoms with Crippen LogP contribution in [0.2, 0.25) is 0 Å². The summed E-state index contributed by atoms with van der Waals surface area (Å²) in [5.74, 6) is -2.17. The number of ether oxygens (including phenoxy) is 2. The van der Waals surface area contributed by atoms with Gasteiger partial charge in [0.05, 0.1) is 11.0 Å². The summed E-state index contributed by atoms with van der Waals surface area (Å²) in [5.41, 5.74) is -0.463. The number of rotatable bonds is 5. The van der Waals surface area contributed by atoms with Gasteiger partial charge in [-0.25, -0.2) is 9.37 Å². The fraction of sp³-hybridized carbons (Fsp3) is 0.0833. The number of nitrogens with zero attached hydrogens (tertiary/aromatic N) is 2. The van der Waals surface area contributed by atoms with Crippen LogP contribution < -0.4 is 9.47 Å². The molecule has 0 aliphatic rings. The third-order valence-corrected chi connectivity index (χ3v) is 2.28. The van der Waals surface area contributed by atoms with Gasteiger partial charge in [-0.3, -0.25) is 10.1 Å². The Kier molecular flexibility index (Phi) is 4.21. The van der Waals surface area contributed by atoms with Gasteiger partial charge in [0.15, 0.2) is 17.3 Å². The van der Waals surface area contributed by atoms with E-state index in [1.807, 2.05) is 0 Å². The van der Waals surface area contributed by atoms with Crippen molar-refractivity contribution in [2.24, 2.45) is 0 Å². The highest BCUT2D eigenvalue weighted by Crippen LogP contribution is 2.32. The van der Waals surface area contributed by atoms with E-state index in [0.717, 1.165) is 12.1 Å². The molecule has 1 aromatic heterocycles. The molecule has 0 atom stereocenters. The summed E-state index contributed by atoms with van der Waals surface area (Å²) in [4.78, 5) is 13.2. The smallest absolute Gasteiger partial charge is 0.388 e. The number of hydrogen-bond donors (Lipinski definition) is 0. The normalized spacial score (nSPS) is 10.5. The Morgan fingerprint density at radius 3 is 2.62 bits per heavy atom. The molecule has 0 spiro atoms. The van der Waals surface area contributed by atoms with E-state index in [2.05, 4.69) is 9.72 Å². The first-order valence-corrected chi connectivity index (χ1v) is 5.49. The molecule has 0 amide bonds. The second kappa shape index (κ2) is 6.07. The average molecular weight is 300 g/mol. The third-order valence-electron chi connectivity index (χ3n) is 2.28. The SMILES string of the molecule is O=[N+]([O-])c1ccc(Oc2cccnc2OC(F)F)c(F)c1. The predicted molar refractivity (Wildman–Crippen MR) is 64.0 cm³/mol. The summed E-state index contributed by atoms with van der Waals surface area (Å²) in [6.07, 6.45) is 1.19. The zero-order valence-corrected chi connectivity index (χ0v) is 10.2. The molecule has 0 saturated carbocycles. The van der Waals surface area contributed by atoms with Gasteiger partial charge in [-0.15, -0.1) is 0 Å². The van der Waals surface area contributed by atoms with Crippen molar-refractivity contribution in [1.82, 2.24) is 4.98 Å². The number of benzene rings is 1. The standard InChI is InChI=1S/C12H7F3N2O4/c13-8-6-7(17(18)19)3-4-9(8)20-10-2-1-5-16-11(10)21-12(14)15/h1-6,12H. The minimum atomic E-state index is -3.12. The number of nitro benzene ring substituents is 1. The van der Waals surface area contributed by atoms with Crippen molar-refractivity contribution in [1.29, 1.82) is 0 Å². The molecule has 9 heteroatoms. The van der Waals surface area contributed by atoms with E-state index in [4.69, 9.17) is 4.74 Å². The minimum absolute atomic E-state index is 0.245. The predicted octanol–water partition coefficient (Wildman–Crippen LogP) is 3.52. The molecule has 1 aromatic carbocycles. The van der Waals surface area contributed by atoms with Crippen LogP contribution in [0.25, 0.3) is 0 Å². The zero-order chi connectivity index (χ0) is 15.4. The molecule has 6 nitrogen and oxygen atoms in total. The monoisotopic (exact) mass is 300 g/mol. The van der Waals surface area contributed by atoms with Crippen LogP contribution >= 0.6 is 0 Å². The molecule has 0 aliphatic carbocycles. The van der Waals surface area contributed by atoms with Gasteiger partial charge in [0, 0.05) is 12.3 Å². The maximum Gasteiger partial charge on any atom is 0.388 e. The van der Waals surface area contributed by atoms with Crippen molar-refractivity contribution < 1.29 is 27.6 Å². The highest BCUT2D eigenvalue weighted by Gasteiger charge is 2.16. The molecule has 1 heterocycles. The second-order valence-electron chi connectivity index (χ2n) is 3.66. The number of aromatic nitrogens is 1. The van der Waals surface area contributed by atoms with Crippen molar-refractivity contribution in [2.75, 3.05) is 0 Å². The molecule has 110 valence electrons. The lowest BCUT2D eigenvalue weighted by atomic mass is 10.3. The highest BCUT2D eigenvalue weighted by atomic mass is 19.3. The van der Waals surface area contributed by atoms with Crippen LogP contribution in [0.15, 0.2) is 36.5 Å². The van der Waals surface area contributed by atoms with Gasteiger partial charge in [0.2, 0.25) is 0 Å². The van der Waals surface area contributed by atoms with Crippen molar-refractivity contribution in [2.45, 2.75) is 6.61 Å². The van der Waals surface area contributed by atoms with Gasteiger partial charge in [-0.1, -0.05) is 0 Å². The summed E-state index contributed by atoms with van der Waals surface area (Å²) >= 11 is 0. The lowest BCUT2D eigenvalue weighted by molar-refractivity contribution is -0.385. The first-order chi connectivity index (χ1) is 9.97. The lowest BCUT2D eigenvalue weighted by Gasteiger charge is -2.10. The largest absolute Gasteiger partial charge is 0.449 e. The summed E-state index contributed by atoms with van der Waals surface area (Å²) in [7, 11) is 0. The Hall–Kier alpha value is -2.84. The molecule has 0 unspecified atom stereocenters. The van der Waals surface area contributed by atoms with E-state index in [1.165, 1.54) is 18.3 Å². The van der Waals surface area contributed by atoms with E-state index in [-0.39, 0.29) is 11.5 Å².